The molecular weight excluding hydrogens is 240 g/mol. The van der Waals surface area contributed by atoms with Crippen molar-refractivity contribution in [2.45, 2.75) is 44.1 Å². The molecule has 0 spiro atoms. The van der Waals surface area contributed by atoms with Gasteiger partial charge in [0.2, 0.25) is 0 Å². The maximum Gasteiger partial charge on any atom is 0.0932 e. The normalized spacial score (nSPS) is 20.6. The minimum Gasteiger partial charge on any atom is -0.385 e. The summed E-state index contributed by atoms with van der Waals surface area (Å²) in [5.41, 5.74) is 0.510. The van der Waals surface area contributed by atoms with E-state index in [-0.39, 0.29) is 0 Å². The molecule has 1 aromatic carbocycles. The number of thioether (sulfide) groups is 1. The molecule has 1 atom stereocenters. The average Bonchev–Trinajstić information content (AvgIpc) is 2.46. The summed E-state index contributed by atoms with van der Waals surface area (Å²) >= 11 is 1.83. The first kappa shape index (κ1) is 14.0. The maximum absolute atomic E-state index is 11.2. The predicted octanol–water partition coefficient (Wildman–Crippen LogP) is 4.21. The molecule has 1 fully saturated rings. The lowest BCUT2D eigenvalue weighted by Crippen LogP contribution is -2.37. The fourth-order valence-electron chi connectivity index (χ4n) is 3.15. The smallest absolute Gasteiger partial charge is 0.0932 e. The standard InChI is InChI=1S/C16H24OS/c1-18-13-12-16(17,14-8-4-2-5-9-14)15-10-6-3-7-11-15/h2,4-5,8-9,15,17H,3,6-7,10-13H2,1H3. The maximum atomic E-state index is 11.2. The van der Waals surface area contributed by atoms with Crippen LogP contribution in [0.2, 0.25) is 0 Å². The van der Waals surface area contributed by atoms with Gasteiger partial charge < -0.3 is 5.11 Å². The summed E-state index contributed by atoms with van der Waals surface area (Å²) in [4.78, 5) is 0. The Bertz CT molecular complexity index is 345. The van der Waals surface area contributed by atoms with Crippen LogP contribution in [0, 0.1) is 5.92 Å². The van der Waals surface area contributed by atoms with E-state index in [1.807, 2.05) is 30.0 Å². The first-order chi connectivity index (χ1) is 8.77. The van der Waals surface area contributed by atoms with Crippen molar-refractivity contribution in [1.29, 1.82) is 0 Å². The van der Waals surface area contributed by atoms with Gasteiger partial charge in [-0.1, -0.05) is 49.6 Å². The van der Waals surface area contributed by atoms with E-state index in [1.165, 1.54) is 32.1 Å². The second kappa shape index (κ2) is 6.63. The van der Waals surface area contributed by atoms with Crippen LogP contribution < -0.4 is 0 Å². The first-order valence-electron chi connectivity index (χ1n) is 7.04. The lowest BCUT2D eigenvalue weighted by Gasteiger charge is -2.39. The van der Waals surface area contributed by atoms with Crippen molar-refractivity contribution in [3.05, 3.63) is 35.9 Å². The number of rotatable bonds is 5. The topological polar surface area (TPSA) is 20.2 Å². The number of aliphatic hydroxyl groups is 1. The Kier molecular flexibility index (Phi) is 5.13. The molecule has 1 unspecified atom stereocenters. The van der Waals surface area contributed by atoms with Crippen LogP contribution in [-0.4, -0.2) is 17.1 Å². The summed E-state index contributed by atoms with van der Waals surface area (Å²) in [5, 5.41) is 11.2. The van der Waals surface area contributed by atoms with Crippen molar-refractivity contribution in [2.24, 2.45) is 5.92 Å². The van der Waals surface area contributed by atoms with Gasteiger partial charge >= 0.3 is 0 Å². The quantitative estimate of drug-likeness (QED) is 0.859. The van der Waals surface area contributed by atoms with Gasteiger partial charge in [-0.2, -0.15) is 11.8 Å². The monoisotopic (exact) mass is 264 g/mol. The van der Waals surface area contributed by atoms with Crippen LogP contribution in [0.5, 0.6) is 0 Å². The molecule has 18 heavy (non-hydrogen) atoms. The fourth-order valence-corrected chi connectivity index (χ4v) is 3.66. The van der Waals surface area contributed by atoms with Crippen LogP contribution in [0.3, 0.4) is 0 Å². The zero-order valence-electron chi connectivity index (χ0n) is 11.3. The third-order valence-corrected chi connectivity index (χ3v) is 4.85. The SMILES string of the molecule is CSCCC(O)(c1ccccc1)C1CCCCC1. The van der Waals surface area contributed by atoms with Gasteiger partial charge in [0, 0.05) is 0 Å². The summed E-state index contributed by atoms with van der Waals surface area (Å²) in [6.45, 7) is 0. The Balaban J connectivity index is 2.21. The van der Waals surface area contributed by atoms with Gasteiger partial charge in [-0.25, -0.2) is 0 Å². The zero-order chi connectivity index (χ0) is 12.8. The van der Waals surface area contributed by atoms with Crippen LogP contribution in [0.25, 0.3) is 0 Å². The Hall–Kier alpha value is -0.470. The second-order valence-corrected chi connectivity index (χ2v) is 6.35. The van der Waals surface area contributed by atoms with Crippen LogP contribution in [-0.2, 0) is 5.60 Å². The van der Waals surface area contributed by atoms with Gasteiger partial charge in [0.15, 0.2) is 0 Å². The van der Waals surface area contributed by atoms with Crippen LogP contribution in [0.1, 0.15) is 44.1 Å². The Labute approximate surface area is 115 Å². The summed E-state index contributed by atoms with van der Waals surface area (Å²) < 4.78 is 0. The van der Waals surface area contributed by atoms with Crippen molar-refractivity contribution in [1.82, 2.24) is 0 Å². The molecule has 2 rings (SSSR count). The minimum atomic E-state index is -0.606. The molecule has 0 heterocycles. The van der Waals surface area contributed by atoms with E-state index in [4.69, 9.17) is 0 Å². The van der Waals surface area contributed by atoms with E-state index in [2.05, 4.69) is 18.4 Å². The number of benzene rings is 1. The molecule has 1 aromatic rings. The van der Waals surface area contributed by atoms with E-state index in [1.54, 1.807) is 0 Å². The average molecular weight is 264 g/mol. The summed E-state index contributed by atoms with van der Waals surface area (Å²) in [5.74, 6) is 1.47. The summed E-state index contributed by atoms with van der Waals surface area (Å²) in [7, 11) is 0. The molecule has 1 saturated carbocycles. The van der Waals surface area contributed by atoms with Crippen LogP contribution >= 0.6 is 11.8 Å². The van der Waals surface area contributed by atoms with E-state index in [9.17, 15) is 5.11 Å². The third kappa shape index (κ3) is 3.10. The first-order valence-corrected chi connectivity index (χ1v) is 8.43. The molecule has 1 aliphatic carbocycles. The minimum absolute atomic E-state index is 0.445. The van der Waals surface area contributed by atoms with Crippen molar-refractivity contribution in [3.8, 4) is 0 Å². The van der Waals surface area contributed by atoms with Crippen LogP contribution in [0.15, 0.2) is 30.3 Å². The van der Waals surface area contributed by atoms with E-state index in [0.29, 0.717) is 5.92 Å². The van der Waals surface area contributed by atoms with Crippen molar-refractivity contribution in [2.75, 3.05) is 12.0 Å². The molecule has 0 amide bonds. The Morgan fingerprint density at radius 3 is 2.44 bits per heavy atom. The molecule has 0 aromatic heterocycles. The van der Waals surface area contributed by atoms with Gasteiger partial charge in [-0.05, 0) is 42.8 Å². The highest BCUT2D eigenvalue weighted by atomic mass is 32.2. The molecule has 1 aliphatic rings. The number of hydrogen-bond donors (Lipinski definition) is 1. The molecule has 0 radical (unpaired) electrons. The van der Waals surface area contributed by atoms with Crippen molar-refractivity contribution < 1.29 is 5.11 Å². The highest BCUT2D eigenvalue weighted by molar-refractivity contribution is 7.98. The van der Waals surface area contributed by atoms with Crippen molar-refractivity contribution in [3.63, 3.8) is 0 Å². The highest BCUT2D eigenvalue weighted by Crippen LogP contribution is 2.42. The van der Waals surface area contributed by atoms with Gasteiger partial charge in [-0.3, -0.25) is 0 Å². The van der Waals surface area contributed by atoms with Gasteiger partial charge in [0.1, 0.15) is 0 Å². The molecule has 100 valence electrons. The zero-order valence-corrected chi connectivity index (χ0v) is 12.1. The molecule has 0 aliphatic heterocycles. The Morgan fingerprint density at radius 2 is 1.83 bits per heavy atom. The highest BCUT2D eigenvalue weighted by Gasteiger charge is 2.38. The van der Waals surface area contributed by atoms with Gasteiger partial charge in [0.05, 0.1) is 5.60 Å². The third-order valence-electron chi connectivity index (χ3n) is 4.24. The molecule has 0 bridgehead atoms. The fraction of sp³-hybridized carbons (Fsp3) is 0.625. The van der Waals surface area contributed by atoms with Crippen LogP contribution in [0.4, 0.5) is 0 Å². The molecular formula is C16H24OS. The lowest BCUT2D eigenvalue weighted by atomic mass is 9.72. The lowest BCUT2D eigenvalue weighted by molar-refractivity contribution is -0.0411. The van der Waals surface area contributed by atoms with E-state index in [0.717, 1.165) is 17.7 Å². The van der Waals surface area contributed by atoms with Gasteiger partial charge in [-0.15, -0.1) is 0 Å². The molecule has 0 saturated heterocycles. The largest absolute Gasteiger partial charge is 0.385 e. The van der Waals surface area contributed by atoms with Gasteiger partial charge in [0.25, 0.3) is 0 Å². The Morgan fingerprint density at radius 1 is 1.17 bits per heavy atom. The number of hydrogen-bond acceptors (Lipinski definition) is 2. The van der Waals surface area contributed by atoms with Crippen molar-refractivity contribution >= 4 is 11.8 Å². The molecule has 1 nitrogen and oxygen atoms in total. The summed E-state index contributed by atoms with van der Waals surface area (Å²) in [6, 6.07) is 10.3. The predicted molar refractivity (Wildman–Crippen MR) is 79.9 cm³/mol. The second-order valence-electron chi connectivity index (χ2n) is 5.37. The van der Waals surface area contributed by atoms with E-state index >= 15 is 0 Å². The molecule has 2 heteroatoms. The summed E-state index contributed by atoms with van der Waals surface area (Å²) in [6.07, 6.45) is 9.25. The molecule has 1 N–H and O–H groups in total. The van der Waals surface area contributed by atoms with E-state index < -0.39 is 5.60 Å².